The summed E-state index contributed by atoms with van der Waals surface area (Å²) in [5.41, 5.74) is 7.85. The molecule has 0 N–H and O–H groups in total. The van der Waals surface area contributed by atoms with Gasteiger partial charge >= 0.3 is 26.2 Å². The van der Waals surface area contributed by atoms with Gasteiger partial charge in [0.05, 0.1) is 0 Å². The fraction of sp³-hybridized carbons (Fsp3) is 0.379. The fourth-order valence-electron chi connectivity index (χ4n) is 5.01. The Bertz CT molecular complexity index is 1100. The third-order valence-corrected chi connectivity index (χ3v) is 6.49. The molecule has 0 bridgehead atoms. The maximum atomic E-state index is 2.44. The molecule has 2 aliphatic rings. The number of hydrogen-bond acceptors (Lipinski definition) is 0. The van der Waals surface area contributed by atoms with Gasteiger partial charge in [0.25, 0.3) is 0 Å². The van der Waals surface area contributed by atoms with Gasteiger partial charge in [0.15, 0.2) is 0 Å². The van der Waals surface area contributed by atoms with Gasteiger partial charge in [-0.2, -0.15) is 17.7 Å². The van der Waals surface area contributed by atoms with Crippen molar-refractivity contribution in [3.8, 4) is 0 Å². The Morgan fingerprint density at radius 2 is 1.27 bits per heavy atom. The van der Waals surface area contributed by atoms with E-state index in [1.165, 1.54) is 65.6 Å². The molecule has 0 unspecified atom stereocenters. The zero-order chi connectivity index (χ0) is 21.1. The maximum Gasteiger partial charge on any atom is 4.00 e. The summed E-state index contributed by atoms with van der Waals surface area (Å²) in [6.07, 6.45) is 7.84. The molecule has 0 fully saturated rings. The second-order valence-corrected chi connectivity index (χ2v) is 10.4. The fourth-order valence-corrected chi connectivity index (χ4v) is 5.01. The molecule has 6 rings (SSSR count). The van der Waals surface area contributed by atoms with E-state index in [1.807, 2.05) is 0 Å². The predicted molar refractivity (Wildman–Crippen MR) is 136 cm³/mol. The number of rotatable bonds is 1. The van der Waals surface area contributed by atoms with Crippen molar-refractivity contribution in [3.05, 3.63) is 82.4 Å². The minimum atomic E-state index is 0. The molecule has 2 aliphatic carbocycles. The normalized spacial score (nSPS) is 13.0. The van der Waals surface area contributed by atoms with Crippen molar-refractivity contribution < 1.29 is 51.0 Å². The second-order valence-electron chi connectivity index (χ2n) is 9.21. The average Bonchev–Trinajstić information content (AvgIpc) is 3.50. The minimum absolute atomic E-state index is 0. The molecule has 0 aliphatic heterocycles. The molecule has 0 atom stereocenters. The molecular formula is C29H35Cl2SiZr. The smallest absolute Gasteiger partial charge is 1.00 e. The first-order chi connectivity index (χ1) is 14.6. The molecule has 0 heterocycles. The van der Waals surface area contributed by atoms with Crippen molar-refractivity contribution in [2.45, 2.75) is 71.4 Å². The van der Waals surface area contributed by atoms with E-state index in [2.05, 4.69) is 81.5 Å². The molecule has 0 saturated heterocycles. The van der Waals surface area contributed by atoms with Crippen molar-refractivity contribution >= 4 is 31.1 Å². The van der Waals surface area contributed by atoms with Gasteiger partial charge < -0.3 is 24.8 Å². The Morgan fingerprint density at radius 3 is 1.85 bits per heavy atom. The standard InChI is InChI=1S/C15H17.C12H11.C2H7Si.2ClH.Zr/c1-10(2)14-7-6-13-8-11-4-3-5-12(11)9-15(13)14;1-3-9-7-11-5-2-6-12(11)8-10(9)4-1;1-3-2;;;/h6-10H,3-5H2,1-2H3;1,3-4,7-8H,2,5-6H2;3H,1-2H3;2*1H;/q2*-1;;;;+4/p-2. The number of fused-ring (bicyclic) bond motifs is 4. The van der Waals surface area contributed by atoms with E-state index in [0.29, 0.717) is 5.92 Å². The van der Waals surface area contributed by atoms with E-state index in [4.69, 9.17) is 0 Å². The van der Waals surface area contributed by atoms with Crippen LogP contribution in [0.1, 0.15) is 60.4 Å². The Hall–Kier alpha value is -0.660. The van der Waals surface area contributed by atoms with Crippen LogP contribution in [0.4, 0.5) is 0 Å². The van der Waals surface area contributed by atoms with Crippen molar-refractivity contribution in [2.24, 2.45) is 0 Å². The van der Waals surface area contributed by atoms with Gasteiger partial charge in [-0.15, -0.1) is 64.0 Å². The van der Waals surface area contributed by atoms with Gasteiger partial charge in [-0.05, 0) is 38.5 Å². The summed E-state index contributed by atoms with van der Waals surface area (Å²) in [5, 5.41) is 5.76. The molecule has 0 saturated carbocycles. The summed E-state index contributed by atoms with van der Waals surface area (Å²) in [6.45, 7) is 8.98. The van der Waals surface area contributed by atoms with Gasteiger partial charge in [0.2, 0.25) is 0 Å². The first-order valence-electron chi connectivity index (χ1n) is 11.7. The summed E-state index contributed by atoms with van der Waals surface area (Å²) >= 11 is 0. The van der Waals surface area contributed by atoms with Crippen molar-refractivity contribution in [1.82, 2.24) is 0 Å². The van der Waals surface area contributed by atoms with Gasteiger partial charge in [0, 0.05) is 9.52 Å². The first-order valence-corrected chi connectivity index (χ1v) is 14.0. The average molecular weight is 574 g/mol. The van der Waals surface area contributed by atoms with Crippen molar-refractivity contribution in [3.63, 3.8) is 0 Å². The number of halogens is 2. The molecule has 0 nitrogen and oxygen atoms in total. The van der Waals surface area contributed by atoms with Gasteiger partial charge in [-0.25, -0.2) is 0 Å². The molecule has 4 aromatic carbocycles. The first kappa shape index (κ1) is 30.4. The minimum Gasteiger partial charge on any atom is -1.00 e. The van der Waals surface area contributed by atoms with Crippen molar-refractivity contribution in [2.75, 3.05) is 0 Å². The van der Waals surface area contributed by atoms with Crippen LogP contribution in [0.2, 0.25) is 13.1 Å². The van der Waals surface area contributed by atoms with Crippen molar-refractivity contribution in [1.29, 1.82) is 0 Å². The molecule has 4 aromatic rings. The third-order valence-electron chi connectivity index (χ3n) is 6.49. The van der Waals surface area contributed by atoms with Crippen LogP contribution < -0.4 is 24.8 Å². The van der Waals surface area contributed by atoms with Crippen LogP contribution in [-0.4, -0.2) is 9.52 Å². The molecule has 33 heavy (non-hydrogen) atoms. The van der Waals surface area contributed by atoms with Crippen LogP contribution in [0.25, 0.3) is 21.5 Å². The summed E-state index contributed by atoms with van der Waals surface area (Å²) in [7, 11) is 0.750. The maximum absolute atomic E-state index is 2.44. The second kappa shape index (κ2) is 14.0. The van der Waals surface area contributed by atoms with Crippen LogP contribution in [0, 0.1) is 0 Å². The summed E-state index contributed by atoms with van der Waals surface area (Å²) in [6, 6.07) is 20.7. The number of benzene rings is 2. The summed E-state index contributed by atoms with van der Waals surface area (Å²) in [4.78, 5) is 0. The van der Waals surface area contributed by atoms with E-state index in [9.17, 15) is 0 Å². The van der Waals surface area contributed by atoms with Gasteiger partial charge in [-0.1, -0.05) is 55.1 Å². The van der Waals surface area contributed by atoms with Crippen LogP contribution in [0.3, 0.4) is 0 Å². The molecule has 173 valence electrons. The van der Waals surface area contributed by atoms with Gasteiger partial charge in [-0.3, -0.25) is 0 Å². The molecular weight excluding hydrogens is 539 g/mol. The third kappa shape index (κ3) is 6.94. The SMILES string of the molecule is CC(C)c1c[cH-]c2cc3c(cc12)CCC3.C[SiH]C.[Cl-].[Cl-].[Zr+4].c1cc2cc3c(cc2[cH-]1)CCC3. The molecule has 1 radical (unpaired) electrons. The largest absolute Gasteiger partial charge is 4.00 e. The Balaban J connectivity index is 0.000000277. The zero-order valence-corrected chi connectivity index (χ0v) is 25.5. The van der Waals surface area contributed by atoms with E-state index >= 15 is 0 Å². The van der Waals surface area contributed by atoms with E-state index < -0.39 is 0 Å². The Kier molecular flexibility index (Phi) is 12.9. The molecule has 0 aromatic heterocycles. The topological polar surface area (TPSA) is 0 Å². The molecule has 4 heteroatoms. The summed E-state index contributed by atoms with van der Waals surface area (Å²) < 4.78 is 0. The number of hydrogen-bond donors (Lipinski definition) is 0. The van der Waals surface area contributed by atoms with Crippen LogP contribution in [-0.2, 0) is 51.9 Å². The monoisotopic (exact) mass is 571 g/mol. The van der Waals surface area contributed by atoms with Gasteiger partial charge in [0.1, 0.15) is 0 Å². The van der Waals surface area contributed by atoms with E-state index in [-0.39, 0.29) is 51.0 Å². The quantitative estimate of drug-likeness (QED) is 0.241. The van der Waals surface area contributed by atoms with E-state index in [1.54, 1.807) is 22.3 Å². The van der Waals surface area contributed by atoms with Crippen LogP contribution >= 0.6 is 0 Å². The molecule has 0 spiro atoms. The zero-order valence-electron chi connectivity index (χ0n) is 20.3. The molecule has 0 amide bonds. The Labute approximate surface area is 234 Å². The summed E-state index contributed by atoms with van der Waals surface area (Å²) in [5.74, 6) is 0.641. The predicted octanol–water partition coefficient (Wildman–Crippen LogP) is 1.74. The Morgan fingerprint density at radius 1 is 0.758 bits per heavy atom. The van der Waals surface area contributed by atoms with E-state index in [0.717, 1.165) is 9.52 Å². The van der Waals surface area contributed by atoms with Crippen LogP contribution in [0.15, 0.2) is 54.6 Å². The number of aryl methyl sites for hydroxylation is 4. The van der Waals surface area contributed by atoms with Crippen LogP contribution in [0.5, 0.6) is 0 Å².